The lowest BCUT2D eigenvalue weighted by Crippen LogP contribution is -2.38. The number of carbonyl (C=O) groups excluding carboxylic acids is 3. The van der Waals surface area contributed by atoms with Crippen LogP contribution in [0.25, 0.3) is 0 Å². The number of amides is 3. The predicted octanol–water partition coefficient (Wildman–Crippen LogP) is 0.989. The highest BCUT2D eigenvalue weighted by Crippen LogP contribution is 2.27. The van der Waals surface area contributed by atoms with Gasteiger partial charge in [-0.15, -0.1) is 0 Å². The van der Waals surface area contributed by atoms with Crippen LogP contribution in [0.1, 0.15) is 16.8 Å². The molecule has 0 radical (unpaired) electrons. The molecule has 2 heterocycles. The zero-order valence-electron chi connectivity index (χ0n) is 15.6. The number of nitrogens with zero attached hydrogens (tertiary/aromatic N) is 2. The van der Waals surface area contributed by atoms with Crippen molar-refractivity contribution in [3.8, 4) is 5.75 Å². The van der Waals surface area contributed by atoms with Crippen LogP contribution in [0.2, 0.25) is 0 Å². The molecule has 0 saturated carbocycles. The van der Waals surface area contributed by atoms with Gasteiger partial charge in [-0.2, -0.15) is 0 Å². The largest absolute Gasteiger partial charge is 0.497 e. The molecule has 3 rings (SSSR count). The Labute approximate surface area is 162 Å². The molecule has 0 bridgehead atoms. The maximum Gasteiger partial charge on any atom is 0.251 e. The highest BCUT2D eigenvalue weighted by atomic mass is 16.5. The number of anilines is 1. The van der Waals surface area contributed by atoms with Crippen molar-refractivity contribution in [1.29, 1.82) is 0 Å². The minimum atomic E-state index is -0.422. The number of carbonyl (C=O) groups is 3. The number of rotatable bonds is 7. The summed E-state index contributed by atoms with van der Waals surface area (Å²) in [5.41, 5.74) is 1.22. The Morgan fingerprint density at radius 3 is 2.68 bits per heavy atom. The van der Waals surface area contributed by atoms with E-state index in [4.69, 9.17) is 4.74 Å². The minimum absolute atomic E-state index is 0.0978. The number of hydrogen-bond donors (Lipinski definition) is 2. The summed E-state index contributed by atoms with van der Waals surface area (Å²) < 4.78 is 5.19. The van der Waals surface area contributed by atoms with Crippen LogP contribution in [0, 0.1) is 5.92 Å². The number of hydrogen-bond acceptors (Lipinski definition) is 5. The lowest BCUT2D eigenvalue weighted by atomic mass is 10.1. The van der Waals surface area contributed by atoms with Crippen molar-refractivity contribution in [2.24, 2.45) is 5.92 Å². The second-order valence-electron chi connectivity index (χ2n) is 6.39. The van der Waals surface area contributed by atoms with E-state index < -0.39 is 5.92 Å². The van der Waals surface area contributed by atoms with Crippen LogP contribution in [-0.2, 0) is 9.59 Å². The van der Waals surface area contributed by atoms with E-state index in [0.29, 0.717) is 36.6 Å². The summed E-state index contributed by atoms with van der Waals surface area (Å²) in [6.07, 6.45) is 3.25. The van der Waals surface area contributed by atoms with E-state index >= 15 is 0 Å². The molecule has 8 heteroatoms. The summed E-state index contributed by atoms with van der Waals surface area (Å²) in [4.78, 5) is 42.1. The predicted molar refractivity (Wildman–Crippen MR) is 103 cm³/mol. The Morgan fingerprint density at radius 2 is 1.93 bits per heavy atom. The Bertz CT molecular complexity index is 856. The maximum atomic E-state index is 12.4. The van der Waals surface area contributed by atoms with Crippen molar-refractivity contribution < 1.29 is 19.1 Å². The van der Waals surface area contributed by atoms with Gasteiger partial charge in [-0.3, -0.25) is 19.4 Å². The standard InChI is InChI=1S/C20H22N4O4/c1-28-17-4-2-3-16(12-17)24-13-15(11-18(24)25)20(27)23-10-9-22-19(26)14-5-7-21-8-6-14/h2-8,12,15H,9-11,13H2,1H3,(H,22,26)(H,23,27). The molecule has 1 aliphatic heterocycles. The van der Waals surface area contributed by atoms with Crippen molar-refractivity contribution in [2.45, 2.75) is 6.42 Å². The van der Waals surface area contributed by atoms with Gasteiger partial charge in [0.15, 0.2) is 0 Å². The van der Waals surface area contributed by atoms with E-state index in [1.54, 1.807) is 54.7 Å². The fourth-order valence-electron chi connectivity index (χ4n) is 3.02. The van der Waals surface area contributed by atoms with Gasteiger partial charge in [-0.1, -0.05) is 6.07 Å². The van der Waals surface area contributed by atoms with Crippen LogP contribution in [0.4, 0.5) is 5.69 Å². The van der Waals surface area contributed by atoms with Crippen LogP contribution < -0.4 is 20.3 Å². The monoisotopic (exact) mass is 382 g/mol. The first-order valence-corrected chi connectivity index (χ1v) is 8.99. The fraction of sp³-hybridized carbons (Fsp3) is 0.300. The summed E-state index contributed by atoms with van der Waals surface area (Å²) in [6.45, 7) is 0.911. The Morgan fingerprint density at radius 1 is 1.18 bits per heavy atom. The highest BCUT2D eigenvalue weighted by molar-refractivity contribution is 6.00. The van der Waals surface area contributed by atoms with Gasteiger partial charge in [0.25, 0.3) is 5.91 Å². The molecular weight excluding hydrogens is 360 g/mol. The molecule has 28 heavy (non-hydrogen) atoms. The van der Waals surface area contributed by atoms with E-state index in [1.807, 2.05) is 6.07 Å². The number of aromatic nitrogens is 1. The van der Waals surface area contributed by atoms with Gasteiger partial charge in [-0.05, 0) is 24.3 Å². The number of pyridine rings is 1. The molecular formula is C20H22N4O4. The fourth-order valence-corrected chi connectivity index (χ4v) is 3.02. The van der Waals surface area contributed by atoms with Crippen LogP contribution in [0.3, 0.4) is 0 Å². The van der Waals surface area contributed by atoms with Gasteiger partial charge in [0.2, 0.25) is 11.8 Å². The molecule has 1 fully saturated rings. The zero-order chi connectivity index (χ0) is 19.9. The Kier molecular flexibility index (Phi) is 6.21. The molecule has 1 aliphatic rings. The van der Waals surface area contributed by atoms with Crippen LogP contribution in [0.5, 0.6) is 5.75 Å². The van der Waals surface area contributed by atoms with Crippen molar-refractivity contribution in [3.05, 3.63) is 54.4 Å². The van der Waals surface area contributed by atoms with Gasteiger partial charge < -0.3 is 20.3 Å². The van der Waals surface area contributed by atoms with Gasteiger partial charge >= 0.3 is 0 Å². The van der Waals surface area contributed by atoms with Gasteiger partial charge in [0, 0.05) is 55.8 Å². The number of ether oxygens (including phenoxy) is 1. The normalized spacial score (nSPS) is 16.0. The third-order valence-electron chi connectivity index (χ3n) is 4.51. The van der Waals surface area contributed by atoms with Crippen molar-refractivity contribution in [2.75, 3.05) is 31.6 Å². The molecule has 1 aromatic heterocycles. The molecule has 2 N–H and O–H groups in total. The first-order valence-electron chi connectivity index (χ1n) is 8.99. The van der Waals surface area contributed by atoms with Gasteiger partial charge in [0.1, 0.15) is 5.75 Å². The molecule has 2 aromatic rings. The van der Waals surface area contributed by atoms with Crippen molar-refractivity contribution in [1.82, 2.24) is 15.6 Å². The first kappa shape index (κ1) is 19.3. The molecule has 1 aromatic carbocycles. The van der Waals surface area contributed by atoms with E-state index in [1.165, 1.54) is 0 Å². The van der Waals surface area contributed by atoms with Crippen LogP contribution in [0.15, 0.2) is 48.8 Å². The minimum Gasteiger partial charge on any atom is -0.497 e. The molecule has 0 spiro atoms. The summed E-state index contributed by atoms with van der Waals surface area (Å²) in [5, 5.41) is 5.51. The molecule has 0 aliphatic carbocycles. The quantitative estimate of drug-likeness (QED) is 0.696. The number of benzene rings is 1. The number of methoxy groups -OCH3 is 1. The lowest BCUT2D eigenvalue weighted by Gasteiger charge is -2.17. The van der Waals surface area contributed by atoms with Crippen molar-refractivity contribution >= 4 is 23.4 Å². The Balaban J connectivity index is 1.46. The van der Waals surface area contributed by atoms with Crippen LogP contribution >= 0.6 is 0 Å². The summed E-state index contributed by atoms with van der Waals surface area (Å²) >= 11 is 0. The summed E-state index contributed by atoms with van der Waals surface area (Å²) in [5.74, 6) is -0.286. The van der Waals surface area contributed by atoms with Crippen molar-refractivity contribution in [3.63, 3.8) is 0 Å². The third kappa shape index (κ3) is 4.64. The molecule has 1 saturated heterocycles. The average Bonchev–Trinajstić information content (AvgIpc) is 3.13. The Hall–Kier alpha value is -3.42. The lowest BCUT2D eigenvalue weighted by molar-refractivity contribution is -0.126. The third-order valence-corrected chi connectivity index (χ3v) is 4.51. The SMILES string of the molecule is COc1cccc(N2CC(C(=O)NCCNC(=O)c3ccncc3)CC2=O)c1. The molecule has 8 nitrogen and oxygen atoms in total. The molecule has 146 valence electrons. The zero-order valence-corrected chi connectivity index (χ0v) is 15.6. The second-order valence-corrected chi connectivity index (χ2v) is 6.39. The van der Waals surface area contributed by atoms with Gasteiger partial charge in [0.05, 0.1) is 13.0 Å². The van der Waals surface area contributed by atoms with Gasteiger partial charge in [-0.25, -0.2) is 0 Å². The molecule has 1 atom stereocenters. The second kappa shape index (κ2) is 8.98. The van der Waals surface area contributed by atoms with E-state index in [9.17, 15) is 14.4 Å². The average molecular weight is 382 g/mol. The molecule has 3 amide bonds. The smallest absolute Gasteiger partial charge is 0.251 e. The summed E-state index contributed by atoms with van der Waals surface area (Å²) in [6, 6.07) is 10.4. The topological polar surface area (TPSA) is 101 Å². The van der Waals surface area contributed by atoms with E-state index in [-0.39, 0.29) is 24.1 Å². The summed E-state index contributed by atoms with van der Waals surface area (Å²) in [7, 11) is 1.56. The van der Waals surface area contributed by atoms with Crippen LogP contribution in [-0.4, -0.2) is 49.4 Å². The number of nitrogens with one attached hydrogen (secondary N) is 2. The molecule has 1 unspecified atom stereocenters. The highest BCUT2D eigenvalue weighted by Gasteiger charge is 2.35. The van der Waals surface area contributed by atoms with E-state index in [0.717, 1.165) is 0 Å². The first-order chi connectivity index (χ1) is 13.6. The maximum absolute atomic E-state index is 12.4. The van der Waals surface area contributed by atoms with E-state index in [2.05, 4.69) is 15.6 Å².